The smallest absolute Gasteiger partial charge is 0.338 e. The molecule has 4 unspecified atom stereocenters. The SMILES string of the molecule is CCOC(=O)c1ccc(N2C(=O)C3C(C2=O)[C@@H]2C[C@H]3C3Sc4[nH]c(=O)sc4[C@H](c4ccc(OCC(=O)Nc5cccc6ccccc56)cc4)C32)cc1. The molecule has 1 aromatic heterocycles. The Balaban J connectivity index is 0.950. The first kappa shape index (κ1) is 32.7. The lowest BCUT2D eigenvalue weighted by Crippen LogP contribution is -2.42. The summed E-state index contributed by atoms with van der Waals surface area (Å²) in [5.74, 6) is -1.65. The maximum atomic E-state index is 14.1. The van der Waals surface area contributed by atoms with Crippen LogP contribution in [0.25, 0.3) is 10.8 Å². The van der Waals surface area contributed by atoms with Crippen molar-refractivity contribution in [1.82, 2.24) is 4.98 Å². The molecule has 262 valence electrons. The highest BCUT2D eigenvalue weighted by molar-refractivity contribution is 8.00. The van der Waals surface area contributed by atoms with Gasteiger partial charge in [0.25, 0.3) is 5.91 Å². The number of H-pyrrole nitrogens is 1. The second kappa shape index (κ2) is 12.8. The van der Waals surface area contributed by atoms with Crippen molar-refractivity contribution in [3.63, 3.8) is 0 Å². The Labute approximate surface area is 306 Å². The second-order valence-corrected chi connectivity index (χ2v) is 15.9. The number of ether oxygens (including phenoxy) is 2. The van der Waals surface area contributed by atoms with Gasteiger partial charge in [-0.2, -0.15) is 0 Å². The molecule has 1 saturated heterocycles. The van der Waals surface area contributed by atoms with Crippen LogP contribution in [0.4, 0.5) is 11.4 Å². The molecule has 2 bridgehead atoms. The molecule has 2 N–H and O–H groups in total. The number of nitrogens with zero attached hydrogens (tertiary/aromatic N) is 1. The number of thioether (sulfide) groups is 1. The fourth-order valence-electron chi connectivity index (χ4n) is 9.05. The summed E-state index contributed by atoms with van der Waals surface area (Å²) in [6.45, 7) is 1.82. The summed E-state index contributed by atoms with van der Waals surface area (Å²) in [7, 11) is 0. The van der Waals surface area contributed by atoms with E-state index in [1.165, 1.54) is 16.2 Å². The van der Waals surface area contributed by atoms with E-state index in [2.05, 4.69) is 10.3 Å². The van der Waals surface area contributed by atoms with E-state index >= 15 is 0 Å². The van der Waals surface area contributed by atoms with Crippen molar-refractivity contribution in [1.29, 1.82) is 0 Å². The third-order valence-corrected chi connectivity index (χ3v) is 13.6. The molecule has 9 rings (SSSR count). The number of carbonyl (C=O) groups is 4. The summed E-state index contributed by atoms with van der Waals surface area (Å²) in [4.78, 5) is 71.0. The molecule has 0 spiro atoms. The molecule has 4 aliphatic rings. The number of nitrogens with one attached hydrogen (secondary N) is 2. The molecule has 7 atom stereocenters. The van der Waals surface area contributed by atoms with E-state index in [1.807, 2.05) is 66.7 Å². The average Bonchev–Trinajstić information content (AvgIpc) is 3.90. The largest absolute Gasteiger partial charge is 0.484 e. The lowest BCUT2D eigenvalue weighted by atomic mass is 9.68. The summed E-state index contributed by atoms with van der Waals surface area (Å²) in [6.07, 6.45) is 0.771. The van der Waals surface area contributed by atoms with Crippen molar-refractivity contribution >= 4 is 68.9 Å². The predicted molar refractivity (Wildman–Crippen MR) is 198 cm³/mol. The van der Waals surface area contributed by atoms with Gasteiger partial charge in [-0.3, -0.25) is 24.1 Å². The van der Waals surface area contributed by atoms with Crippen molar-refractivity contribution in [3.8, 4) is 5.75 Å². The number of carbonyl (C=O) groups excluding carboxylic acids is 4. The van der Waals surface area contributed by atoms with E-state index in [4.69, 9.17) is 9.47 Å². The molecule has 5 aromatic rings. The number of esters is 1. The Morgan fingerprint density at radius 3 is 2.38 bits per heavy atom. The van der Waals surface area contributed by atoms with E-state index in [9.17, 15) is 24.0 Å². The first-order valence-corrected chi connectivity index (χ1v) is 19.1. The number of rotatable bonds is 8. The number of aromatic amines is 1. The zero-order valence-corrected chi connectivity index (χ0v) is 29.6. The van der Waals surface area contributed by atoms with Crippen molar-refractivity contribution in [3.05, 3.63) is 117 Å². The third kappa shape index (κ3) is 5.26. The van der Waals surface area contributed by atoms with Crippen LogP contribution in [0.2, 0.25) is 0 Å². The topological polar surface area (TPSA) is 135 Å². The van der Waals surface area contributed by atoms with Gasteiger partial charge in [-0.15, -0.1) is 11.8 Å². The average molecular weight is 732 g/mol. The van der Waals surface area contributed by atoms with E-state index in [1.54, 1.807) is 43.0 Å². The Morgan fingerprint density at radius 2 is 1.62 bits per heavy atom. The Kier molecular flexibility index (Phi) is 8.04. The molecule has 12 heteroatoms. The highest BCUT2D eigenvalue weighted by atomic mass is 32.2. The first-order chi connectivity index (χ1) is 25.3. The van der Waals surface area contributed by atoms with Crippen LogP contribution in [0.3, 0.4) is 0 Å². The van der Waals surface area contributed by atoms with Gasteiger partial charge in [-0.1, -0.05) is 59.9 Å². The van der Waals surface area contributed by atoms with Gasteiger partial charge in [-0.25, -0.2) is 4.79 Å². The molecule has 2 saturated carbocycles. The molecule has 3 heterocycles. The maximum Gasteiger partial charge on any atom is 0.338 e. The van der Waals surface area contributed by atoms with E-state index in [0.717, 1.165) is 38.3 Å². The van der Waals surface area contributed by atoms with Gasteiger partial charge in [0.15, 0.2) is 6.61 Å². The van der Waals surface area contributed by atoms with Gasteiger partial charge < -0.3 is 19.8 Å². The molecule has 0 radical (unpaired) electrons. The summed E-state index contributed by atoms with van der Waals surface area (Å²) in [5, 5.41) is 5.81. The fraction of sp³-hybridized carbons (Fsp3) is 0.275. The summed E-state index contributed by atoms with van der Waals surface area (Å²) < 4.78 is 11.0. The van der Waals surface area contributed by atoms with Crippen molar-refractivity contribution in [2.75, 3.05) is 23.4 Å². The van der Waals surface area contributed by atoms with Gasteiger partial charge in [0.1, 0.15) is 5.75 Å². The van der Waals surface area contributed by atoms with Gasteiger partial charge >= 0.3 is 10.8 Å². The molecule has 4 aromatic carbocycles. The Morgan fingerprint density at radius 1 is 0.885 bits per heavy atom. The van der Waals surface area contributed by atoms with Crippen molar-refractivity contribution in [2.45, 2.75) is 29.5 Å². The van der Waals surface area contributed by atoms with Crippen LogP contribution in [0.15, 0.2) is 101 Å². The highest BCUT2D eigenvalue weighted by Crippen LogP contribution is 2.68. The number of aromatic nitrogens is 1. The monoisotopic (exact) mass is 731 g/mol. The standard InChI is InChI=1S/C40H33N3O7S2/c1-2-49-39(47)22-10-14-23(15-11-22)43-37(45)32-26-18-27(33(32)38(43)46)34-31(26)30(35-36(51-34)42-40(48)52-35)21-12-16-24(17-13-21)50-19-29(44)41-28-9-5-7-20-6-3-4-8-25(20)28/h3-17,26-27,30-34H,2,18-19H2,1H3,(H,41,44)(H,42,48)/t26-,27-,30-,31?,32?,33?,34?/m1/s1. The highest BCUT2D eigenvalue weighted by Gasteiger charge is 2.69. The van der Waals surface area contributed by atoms with Crippen LogP contribution in [0, 0.1) is 29.6 Å². The van der Waals surface area contributed by atoms with E-state index in [0.29, 0.717) is 17.0 Å². The van der Waals surface area contributed by atoms with Crippen LogP contribution in [-0.4, -0.2) is 47.1 Å². The van der Waals surface area contributed by atoms with Gasteiger partial charge in [0.2, 0.25) is 11.8 Å². The lowest BCUT2D eigenvalue weighted by molar-refractivity contribution is -0.123. The zero-order valence-electron chi connectivity index (χ0n) is 27.9. The molecule has 3 amide bonds. The normalized spacial score (nSPS) is 25.5. The number of thiazole rings is 1. The minimum atomic E-state index is -0.456. The van der Waals surface area contributed by atoms with Crippen LogP contribution in [0.5, 0.6) is 5.75 Å². The zero-order chi connectivity index (χ0) is 35.7. The Hall–Kier alpha value is -5.20. The van der Waals surface area contributed by atoms with Crippen molar-refractivity contribution < 1.29 is 28.7 Å². The van der Waals surface area contributed by atoms with Gasteiger partial charge in [0.05, 0.1) is 34.7 Å². The van der Waals surface area contributed by atoms with E-state index in [-0.39, 0.29) is 64.7 Å². The molecular formula is C40H33N3O7S2. The number of fused-ring (bicyclic) bond motifs is 10. The number of imide groups is 1. The van der Waals surface area contributed by atoms with Crippen LogP contribution < -0.4 is 19.8 Å². The third-order valence-electron chi connectivity index (χ3n) is 11.0. The number of amides is 3. The number of hydrogen-bond donors (Lipinski definition) is 2. The maximum absolute atomic E-state index is 14.1. The Bertz CT molecular complexity index is 2310. The van der Waals surface area contributed by atoms with Crippen LogP contribution >= 0.6 is 23.1 Å². The molecule has 2 aliphatic heterocycles. The molecule has 3 fully saturated rings. The van der Waals surface area contributed by atoms with Crippen molar-refractivity contribution in [2.24, 2.45) is 29.6 Å². The van der Waals surface area contributed by atoms with Crippen LogP contribution in [-0.2, 0) is 19.1 Å². The number of anilines is 2. The number of benzene rings is 4. The molecule has 2 aliphatic carbocycles. The first-order valence-electron chi connectivity index (χ1n) is 17.4. The van der Waals surface area contributed by atoms with Crippen LogP contribution in [0.1, 0.15) is 40.1 Å². The van der Waals surface area contributed by atoms with Gasteiger partial charge in [-0.05, 0) is 84.5 Å². The van der Waals surface area contributed by atoms with Gasteiger partial charge in [0, 0.05) is 27.1 Å². The van der Waals surface area contributed by atoms with E-state index < -0.39 is 17.8 Å². The minimum absolute atomic E-state index is 0.0211. The molecule has 52 heavy (non-hydrogen) atoms. The molecular weight excluding hydrogens is 699 g/mol. The quantitative estimate of drug-likeness (QED) is 0.137. The number of hydrogen-bond acceptors (Lipinski definition) is 9. The molecule has 10 nitrogen and oxygen atoms in total. The summed E-state index contributed by atoms with van der Waals surface area (Å²) >= 11 is 2.84. The summed E-state index contributed by atoms with van der Waals surface area (Å²) in [5.41, 5.74) is 2.52. The predicted octanol–water partition coefficient (Wildman–Crippen LogP) is 6.46. The summed E-state index contributed by atoms with van der Waals surface area (Å²) in [6, 6.07) is 27.7. The fourth-order valence-corrected chi connectivity index (χ4v) is 11.9. The minimum Gasteiger partial charge on any atom is -0.484 e. The lowest BCUT2D eigenvalue weighted by Gasteiger charge is -2.43. The second-order valence-electron chi connectivity index (χ2n) is 13.7.